The molecule has 0 unspecified atom stereocenters. The molecule has 9 heteroatoms. The molecule has 0 spiro atoms. The van der Waals surface area contributed by atoms with Crippen molar-refractivity contribution in [3.05, 3.63) is 42.2 Å². The summed E-state index contributed by atoms with van der Waals surface area (Å²) in [6, 6.07) is 6.82. The Morgan fingerprint density at radius 1 is 1.33 bits per heavy atom. The van der Waals surface area contributed by atoms with Gasteiger partial charge < -0.3 is 11.5 Å². The zero-order chi connectivity index (χ0) is 15.5. The fourth-order valence-electron chi connectivity index (χ4n) is 1.80. The van der Waals surface area contributed by atoms with Crippen LogP contribution in [0.3, 0.4) is 0 Å². The maximum Gasteiger partial charge on any atom is 0.246 e. The van der Waals surface area contributed by atoms with Crippen LogP contribution in [0.25, 0.3) is 0 Å². The van der Waals surface area contributed by atoms with Gasteiger partial charge in [-0.3, -0.25) is 9.89 Å². The first-order chi connectivity index (χ1) is 9.91. The fraction of sp³-hybridized carbons (Fsp3) is 0.167. The number of H-pyrrole nitrogens is 1. The molecule has 1 amide bonds. The van der Waals surface area contributed by atoms with Gasteiger partial charge in [-0.25, -0.2) is 8.42 Å². The lowest BCUT2D eigenvalue weighted by Gasteiger charge is -2.20. The van der Waals surface area contributed by atoms with Crippen molar-refractivity contribution < 1.29 is 13.2 Å². The number of nitrogen functional groups attached to an aromatic ring is 1. The number of carbonyl (C=O) groups excluding carboxylic acids is 1. The second-order valence-electron chi connectivity index (χ2n) is 4.37. The first-order valence-corrected chi connectivity index (χ1v) is 7.46. The number of hydrogen-bond acceptors (Lipinski definition) is 5. The highest BCUT2D eigenvalue weighted by molar-refractivity contribution is 7.89. The van der Waals surface area contributed by atoms with Gasteiger partial charge in [0.2, 0.25) is 15.9 Å². The van der Waals surface area contributed by atoms with E-state index in [-0.39, 0.29) is 11.4 Å². The van der Waals surface area contributed by atoms with Gasteiger partial charge in [-0.2, -0.15) is 9.40 Å². The van der Waals surface area contributed by atoms with Crippen molar-refractivity contribution in [2.75, 3.05) is 12.3 Å². The van der Waals surface area contributed by atoms with Crippen molar-refractivity contribution in [2.45, 2.75) is 11.4 Å². The van der Waals surface area contributed by atoms with Crippen molar-refractivity contribution in [3.8, 4) is 0 Å². The van der Waals surface area contributed by atoms with Gasteiger partial charge in [0.1, 0.15) is 4.90 Å². The van der Waals surface area contributed by atoms with Crippen LogP contribution in [-0.4, -0.2) is 35.4 Å². The second-order valence-corrected chi connectivity index (χ2v) is 6.31. The number of rotatable bonds is 6. The average molecular weight is 309 g/mol. The van der Waals surface area contributed by atoms with Crippen LogP contribution in [0.1, 0.15) is 5.56 Å². The van der Waals surface area contributed by atoms with Crippen LogP contribution in [0.2, 0.25) is 0 Å². The number of nitrogens with one attached hydrogen (secondary N) is 1. The number of anilines is 1. The van der Waals surface area contributed by atoms with Gasteiger partial charge in [-0.15, -0.1) is 0 Å². The van der Waals surface area contributed by atoms with E-state index in [2.05, 4.69) is 10.2 Å². The minimum atomic E-state index is -3.88. The van der Waals surface area contributed by atoms with E-state index < -0.39 is 22.5 Å². The Labute approximate surface area is 121 Å². The van der Waals surface area contributed by atoms with Crippen molar-refractivity contribution in [1.82, 2.24) is 14.5 Å². The number of primary amides is 1. The van der Waals surface area contributed by atoms with Crippen LogP contribution < -0.4 is 11.5 Å². The summed E-state index contributed by atoms with van der Waals surface area (Å²) >= 11 is 0. The molecular formula is C12H15N5O3S. The van der Waals surface area contributed by atoms with Crippen molar-refractivity contribution >= 4 is 21.6 Å². The summed E-state index contributed by atoms with van der Waals surface area (Å²) in [5.41, 5.74) is 12.0. The third kappa shape index (κ3) is 3.38. The summed E-state index contributed by atoms with van der Waals surface area (Å²) in [7, 11) is -3.88. The quantitative estimate of drug-likeness (QED) is 0.628. The normalized spacial score (nSPS) is 11.7. The van der Waals surface area contributed by atoms with Gasteiger partial charge in [0.15, 0.2) is 0 Å². The maximum absolute atomic E-state index is 12.5. The van der Waals surface area contributed by atoms with E-state index in [4.69, 9.17) is 11.5 Å². The lowest BCUT2D eigenvalue weighted by Crippen LogP contribution is -2.38. The Morgan fingerprint density at radius 3 is 2.62 bits per heavy atom. The van der Waals surface area contributed by atoms with Crippen LogP contribution in [0.15, 0.2) is 41.6 Å². The molecule has 2 aromatic rings. The number of hydrogen-bond donors (Lipinski definition) is 3. The topological polar surface area (TPSA) is 135 Å². The predicted molar refractivity (Wildman–Crippen MR) is 76.2 cm³/mol. The first-order valence-electron chi connectivity index (χ1n) is 6.02. The van der Waals surface area contributed by atoms with Gasteiger partial charge in [-0.1, -0.05) is 18.2 Å². The maximum atomic E-state index is 12.5. The summed E-state index contributed by atoms with van der Waals surface area (Å²) in [6.45, 7) is -0.495. The molecular weight excluding hydrogens is 294 g/mol. The second kappa shape index (κ2) is 5.94. The standard InChI is InChI=1S/C12H15N5O3S/c13-11-4-2-1-3-9(11)7-17(8-12(14)18)21(19,20)10-5-15-16-6-10/h1-6H,7-8,13H2,(H2,14,18)(H,15,16). The van der Waals surface area contributed by atoms with Crippen molar-refractivity contribution in [1.29, 1.82) is 0 Å². The summed E-state index contributed by atoms with van der Waals surface area (Å²) in [5.74, 6) is -0.753. The molecule has 0 bridgehead atoms. The van der Waals surface area contributed by atoms with Crippen LogP contribution in [0.4, 0.5) is 5.69 Å². The Hall–Kier alpha value is -2.39. The van der Waals surface area contributed by atoms with E-state index in [1.807, 2.05) is 0 Å². The van der Waals surface area contributed by atoms with Crippen LogP contribution >= 0.6 is 0 Å². The predicted octanol–water partition coefficient (Wildman–Crippen LogP) is -0.332. The molecule has 8 nitrogen and oxygen atoms in total. The van der Waals surface area contributed by atoms with E-state index in [1.54, 1.807) is 24.3 Å². The zero-order valence-electron chi connectivity index (χ0n) is 11.1. The van der Waals surface area contributed by atoms with Crippen molar-refractivity contribution in [3.63, 3.8) is 0 Å². The number of nitrogens with two attached hydrogens (primary N) is 2. The van der Waals surface area contributed by atoms with E-state index in [0.717, 1.165) is 10.5 Å². The lowest BCUT2D eigenvalue weighted by atomic mass is 10.2. The molecule has 1 aromatic carbocycles. The fourth-order valence-corrected chi connectivity index (χ4v) is 3.09. The first kappa shape index (κ1) is 15.0. The van der Waals surface area contributed by atoms with E-state index in [0.29, 0.717) is 11.3 Å². The largest absolute Gasteiger partial charge is 0.398 e. The number of benzene rings is 1. The lowest BCUT2D eigenvalue weighted by molar-refractivity contribution is -0.118. The Bertz CT molecular complexity index is 727. The molecule has 112 valence electrons. The number of para-hydroxylation sites is 1. The Balaban J connectivity index is 2.36. The molecule has 21 heavy (non-hydrogen) atoms. The Kier molecular flexibility index (Phi) is 4.24. The molecule has 0 atom stereocenters. The molecule has 0 radical (unpaired) electrons. The van der Waals surface area contributed by atoms with Gasteiger partial charge >= 0.3 is 0 Å². The number of amides is 1. The third-order valence-electron chi connectivity index (χ3n) is 2.84. The van der Waals surface area contributed by atoms with Gasteiger partial charge in [0.05, 0.1) is 12.7 Å². The van der Waals surface area contributed by atoms with E-state index >= 15 is 0 Å². The molecule has 1 aromatic heterocycles. The van der Waals surface area contributed by atoms with Crippen LogP contribution in [0, 0.1) is 0 Å². The average Bonchev–Trinajstić information content (AvgIpc) is 2.94. The smallest absolute Gasteiger partial charge is 0.246 e. The molecule has 0 saturated carbocycles. The number of sulfonamides is 1. The molecule has 5 N–H and O–H groups in total. The molecule has 0 aliphatic heterocycles. The molecule has 0 saturated heterocycles. The van der Waals surface area contributed by atoms with E-state index in [1.165, 1.54) is 6.20 Å². The number of aromatic amines is 1. The minimum Gasteiger partial charge on any atom is -0.398 e. The van der Waals surface area contributed by atoms with Gasteiger partial charge in [-0.05, 0) is 11.6 Å². The highest BCUT2D eigenvalue weighted by Gasteiger charge is 2.27. The van der Waals surface area contributed by atoms with E-state index in [9.17, 15) is 13.2 Å². The molecule has 0 fully saturated rings. The summed E-state index contributed by atoms with van der Waals surface area (Å²) in [6.07, 6.45) is 2.40. The molecule has 0 aliphatic carbocycles. The highest BCUT2D eigenvalue weighted by atomic mass is 32.2. The van der Waals surface area contributed by atoms with Crippen LogP contribution in [0.5, 0.6) is 0 Å². The van der Waals surface area contributed by atoms with Crippen molar-refractivity contribution in [2.24, 2.45) is 5.73 Å². The summed E-state index contributed by atoms with van der Waals surface area (Å²) < 4.78 is 25.9. The molecule has 0 aliphatic rings. The van der Waals surface area contributed by atoms with Gasteiger partial charge in [0.25, 0.3) is 0 Å². The van der Waals surface area contributed by atoms with Crippen LogP contribution in [-0.2, 0) is 21.4 Å². The number of nitrogens with zero attached hydrogens (tertiary/aromatic N) is 2. The van der Waals surface area contributed by atoms with Gasteiger partial charge in [0, 0.05) is 18.4 Å². The highest BCUT2D eigenvalue weighted by Crippen LogP contribution is 2.19. The SMILES string of the molecule is NC(=O)CN(Cc1ccccc1N)S(=O)(=O)c1cn[nH]c1. The number of aromatic nitrogens is 2. The summed E-state index contributed by atoms with van der Waals surface area (Å²) in [5, 5.41) is 6.03. The molecule has 2 rings (SSSR count). The zero-order valence-corrected chi connectivity index (χ0v) is 11.9. The Morgan fingerprint density at radius 2 is 2.05 bits per heavy atom. The summed E-state index contributed by atoms with van der Waals surface area (Å²) in [4.78, 5) is 11.1. The molecule has 1 heterocycles. The monoisotopic (exact) mass is 309 g/mol. The minimum absolute atomic E-state index is 0.0433. The number of carbonyl (C=O) groups is 1. The third-order valence-corrected chi connectivity index (χ3v) is 4.60.